The third-order valence-electron chi connectivity index (χ3n) is 4.52. The van der Waals surface area contributed by atoms with Crippen molar-refractivity contribution in [3.8, 4) is 11.5 Å². The summed E-state index contributed by atoms with van der Waals surface area (Å²) in [6, 6.07) is 1.00. The lowest BCUT2D eigenvalue weighted by Gasteiger charge is -2.29. The van der Waals surface area contributed by atoms with E-state index in [0.29, 0.717) is 12.1 Å². The molecule has 1 heterocycles. The van der Waals surface area contributed by atoms with E-state index in [1.165, 1.54) is 26.4 Å². The Balaban J connectivity index is 2.74. The first-order chi connectivity index (χ1) is 14.2. The van der Waals surface area contributed by atoms with E-state index in [1.807, 2.05) is 6.92 Å². The Morgan fingerprint density at radius 3 is 2.50 bits per heavy atom. The number of amides is 2. The second-order valence-corrected chi connectivity index (χ2v) is 7.00. The molecule has 0 fully saturated rings. The first kappa shape index (κ1) is 23.0. The third kappa shape index (κ3) is 5.00. The number of nitrogens with zero attached hydrogens (tertiary/aromatic N) is 1. The fourth-order valence-corrected chi connectivity index (χ4v) is 3.21. The van der Waals surface area contributed by atoms with Gasteiger partial charge in [0, 0.05) is 5.70 Å². The van der Waals surface area contributed by atoms with Crippen molar-refractivity contribution in [1.82, 2.24) is 10.6 Å². The van der Waals surface area contributed by atoms with Gasteiger partial charge in [-0.05, 0) is 32.8 Å². The summed E-state index contributed by atoms with van der Waals surface area (Å²) in [6.45, 7) is 5.58. The number of allylic oxidation sites excluding steroid dienone is 1. The van der Waals surface area contributed by atoms with Crippen LogP contribution in [-0.2, 0) is 9.53 Å². The van der Waals surface area contributed by atoms with Gasteiger partial charge in [-0.2, -0.15) is 0 Å². The predicted molar refractivity (Wildman–Crippen MR) is 108 cm³/mol. The van der Waals surface area contributed by atoms with Gasteiger partial charge >= 0.3 is 12.0 Å². The van der Waals surface area contributed by atoms with Gasteiger partial charge in [0.25, 0.3) is 5.69 Å². The highest BCUT2D eigenvalue weighted by molar-refractivity contribution is 5.95. The van der Waals surface area contributed by atoms with Gasteiger partial charge in [-0.15, -0.1) is 0 Å². The molecule has 0 radical (unpaired) electrons. The molecule has 10 nitrogen and oxygen atoms in total. The first-order valence-electron chi connectivity index (χ1n) is 9.65. The number of urea groups is 1. The Bertz CT molecular complexity index is 864. The zero-order valence-corrected chi connectivity index (χ0v) is 17.7. The number of unbranched alkanes of at least 4 members (excludes halogenated alkanes) is 1. The van der Waals surface area contributed by atoms with Gasteiger partial charge in [-0.25, -0.2) is 9.59 Å². The molecule has 2 N–H and O–H groups in total. The number of nitro groups is 1. The van der Waals surface area contributed by atoms with Gasteiger partial charge in [0.1, 0.15) is 0 Å². The molecule has 2 amide bonds. The molecule has 1 aliphatic rings. The van der Waals surface area contributed by atoms with Crippen LogP contribution in [0, 0.1) is 10.1 Å². The van der Waals surface area contributed by atoms with Crippen LogP contribution in [0.4, 0.5) is 10.5 Å². The van der Waals surface area contributed by atoms with Crippen molar-refractivity contribution in [2.45, 2.75) is 52.2 Å². The fourth-order valence-electron chi connectivity index (χ4n) is 3.21. The molecule has 30 heavy (non-hydrogen) atoms. The quantitative estimate of drug-likeness (QED) is 0.355. The number of hydrogen-bond acceptors (Lipinski definition) is 7. The Hall–Kier alpha value is -3.30. The maximum absolute atomic E-state index is 12.6. The lowest BCUT2D eigenvalue weighted by Crippen LogP contribution is -2.46. The average molecular weight is 421 g/mol. The molecule has 2 rings (SSSR count). The highest BCUT2D eigenvalue weighted by atomic mass is 16.6. The highest BCUT2D eigenvalue weighted by Crippen LogP contribution is 2.41. The number of nitro benzene ring substituents is 1. The number of methoxy groups -OCH3 is 2. The maximum atomic E-state index is 12.6. The van der Waals surface area contributed by atoms with Crippen molar-refractivity contribution in [3.05, 3.63) is 39.1 Å². The minimum atomic E-state index is -1.08. The SMILES string of the molecule is CCCCC1=C(C(=O)OC)C(c2cc(OC(C)C)c(OC)cc2[N+](=O)[O-])NC(=O)N1. The van der Waals surface area contributed by atoms with E-state index in [1.54, 1.807) is 13.8 Å². The molecule has 0 aliphatic carbocycles. The Morgan fingerprint density at radius 1 is 1.27 bits per heavy atom. The monoisotopic (exact) mass is 421 g/mol. The summed E-state index contributed by atoms with van der Waals surface area (Å²) < 4.78 is 15.9. The largest absolute Gasteiger partial charge is 0.493 e. The van der Waals surface area contributed by atoms with Gasteiger partial charge in [0.2, 0.25) is 0 Å². The fraction of sp³-hybridized carbons (Fsp3) is 0.500. The molecular weight excluding hydrogens is 394 g/mol. The van der Waals surface area contributed by atoms with Crippen LogP contribution in [0.15, 0.2) is 23.4 Å². The van der Waals surface area contributed by atoms with Gasteiger partial charge in [0.15, 0.2) is 11.5 Å². The topological polar surface area (TPSA) is 129 Å². The molecule has 0 spiro atoms. The molecule has 10 heteroatoms. The lowest BCUT2D eigenvalue weighted by molar-refractivity contribution is -0.385. The number of ether oxygens (including phenoxy) is 3. The molecule has 0 saturated heterocycles. The van der Waals surface area contributed by atoms with Crippen molar-refractivity contribution in [1.29, 1.82) is 0 Å². The summed E-state index contributed by atoms with van der Waals surface area (Å²) in [5.41, 5.74) is 0.287. The van der Waals surface area contributed by atoms with Crippen LogP contribution in [0.5, 0.6) is 11.5 Å². The molecule has 1 aliphatic heterocycles. The number of benzene rings is 1. The summed E-state index contributed by atoms with van der Waals surface area (Å²) in [7, 11) is 2.59. The molecule has 164 valence electrons. The second kappa shape index (κ2) is 9.95. The summed E-state index contributed by atoms with van der Waals surface area (Å²) >= 11 is 0. The normalized spacial score (nSPS) is 16.1. The average Bonchev–Trinajstić information content (AvgIpc) is 2.70. The number of hydrogen-bond donors (Lipinski definition) is 2. The summed E-state index contributed by atoms with van der Waals surface area (Å²) in [5, 5.41) is 17.0. The van der Waals surface area contributed by atoms with Crippen molar-refractivity contribution in [3.63, 3.8) is 0 Å². The number of nitrogens with one attached hydrogen (secondary N) is 2. The van der Waals surface area contributed by atoms with E-state index in [2.05, 4.69) is 10.6 Å². The maximum Gasteiger partial charge on any atom is 0.337 e. The molecule has 0 aromatic heterocycles. The Kier molecular flexibility index (Phi) is 7.62. The summed E-state index contributed by atoms with van der Waals surface area (Å²) in [4.78, 5) is 36.1. The smallest absolute Gasteiger partial charge is 0.337 e. The predicted octanol–water partition coefficient (Wildman–Crippen LogP) is 3.36. The number of esters is 1. The Labute approximate surface area is 174 Å². The highest BCUT2D eigenvalue weighted by Gasteiger charge is 2.37. The van der Waals surface area contributed by atoms with Gasteiger partial charge in [-0.1, -0.05) is 13.3 Å². The molecule has 0 saturated carbocycles. The molecular formula is C20H27N3O7. The van der Waals surface area contributed by atoms with E-state index >= 15 is 0 Å². The van der Waals surface area contributed by atoms with Gasteiger partial charge < -0.3 is 24.8 Å². The van der Waals surface area contributed by atoms with Gasteiger partial charge in [-0.3, -0.25) is 10.1 Å². The Morgan fingerprint density at radius 2 is 1.97 bits per heavy atom. The number of rotatable bonds is 9. The molecule has 1 unspecified atom stereocenters. The zero-order valence-electron chi connectivity index (χ0n) is 17.7. The van der Waals surface area contributed by atoms with Crippen molar-refractivity contribution in [2.24, 2.45) is 0 Å². The van der Waals surface area contributed by atoms with E-state index in [9.17, 15) is 19.7 Å². The third-order valence-corrected chi connectivity index (χ3v) is 4.52. The van der Waals surface area contributed by atoms with Crippen LogP contribution in [0.25, 0.3) is 0 Å². The minimum Gasteiger partial charge on any atom is -0.493 e. The van der Waals surface area contributed by atoms with E-state index in [-0.39, 0.29) is 34.4 Å². The molecule has 1 aromatic rings. The van der Waals surface area contributed by atoms with Crippen molar-refractivity contribution >= 4 is 17.7 Å². The zero-order chi connectivity index (χ0) is 22.4. The molecule has 1 atom stereocenters. The van der Waals surface area contributed by atoms with Crippen LogP contribution >= 0.6 is 0 Å². The van der Waals surface area contributed by atoms with Gasteiger partial charge in [0.05, 0.1) is 48.5 Å². The van der Waals surface area contributed by atoms with Crippen LogP contribution in [0.3, 0.4) is 0 Å². The van der Waals surface area contributed by atoms with E-state index < -0.39 is 23.0 Å². The van der Waals surface area contributed by atoms with Crippen LogP contribution in [0.1, 0.15) is 51.6 Å². The molecule has 0 bridgehead atoms. The van der Waals surface area contributed by atoms with E-state index in [4.69, 9.17) is 14.2 Å². The van der Waals surface area contributed by atoms with Crippen LogP contribution in [0.2, 0.25) is 0 Å². The second-order valence-electron chi connectivity index (χ2n) is 7.00. The van der Waals surface area contributed by atoms with Crippen molar-refractivity contribution in [2.75, 3.05) is 14.2 Å². The lowest BCUT2D eigenvalue weighted by atomic mass is 9.92. The summed E-state index contributed by atoms with van der Waals surface area (Å²) in [5.74, 6) is -0.246. The first-order valence-corrected chi connectivity index (χ1v) is 9.65. The van der Waals surface area contributed by atoms with E-state index in [0.717, 1.165) is 12.8 Å². The standard InChI is InChI=1S/C20H27N3O7/c1-6-7-8-13-17(19(24)29-5)18(22-20(25)21-13)12-9-16(30-11(2)3)15(28-4)10-14(12)23(26)27/h9-11,18H,6-8H2,1-5H3,(H2,21,22,25). The van der Waals surface area contributed by atoms with Crippen molar-refractivity contribution < 1.29 is 28.7 Å². The van der Waals surface area contributed by atoms with Crippen LogP contribution in [-0.4, -0.2) is 37.2 Å². The number of carbonyl (C=O) groups excluding carboxylic acids is 2. The summed E-state index contributed by atoms with van der Waals surface area (Å²) in [6.07, 6.45) is 1.74. The minimum absolute atomic E-state index is 0.0979. The van der Waals surface area contributed by atoms with Crippen LogP contribution < -0.4 is 20.1 Å². The molecule has 1 aromatic carbocycles. The number of carbonyl (C=O) groups is 2.